The second-order valence-electron chi connectivity index (χ2n) is 4.15. The van der Waals surface area contributed by atoms with E-state index in [4.69, 9.17) is 0 Å². The van der Waals surface area contributed by atoms with Crippen molar-refractivity contribution in [2.24, 2.45) is 0 Å². The summed E-state index contributed by atoms with van der Waals surface area (Å²) < 4.78 is 27.6. The second kappa shape index (κ2) is 6.17. The van der Waals surface area contributed by atoms with E-state index in [1.807, 2.05) is 6.92 Å². The van der Waals surface area contributed by atoms with E-state index in [0.717, 1.165) is 6.42 Å². The van der Waals surface area contributed by atoms with E-state index in [0.29, 0.717) is 12.1 Å². The summed E-state index contributed by atoms with van der Waals surface area (Å²) >= 11 is 0. The van der Waals surface area contributed by atoms with E-state index < -0.39 is 16.3 Å². The fourth-order valence-electron chi connectivity index (χ4n) is 1.58. The van der Waals surface area contributed by atoms with Crippen LogP contribution in [0.3, 0.4) is 0 Å². The van der Waals surface area contributed by atoms with Crippen molar-refractivity contribution < 1.29 is 13.5 Å². The third-order valence-corrected chi connectivity index (χ3v) is 4.49. The van der Waals surface area contributed by atoms with Crippen molar-refractivity contribution in [1.29, 1.82) is 0 Å². The molecule has 0 aliphatic rings. The monoisotopic (exact) mass is 272 g/mol. The Kier molecular flexibility index (Phi) is 5.13. The molecule has 6 heteroatoms. The van der Waals surface area contributed by atoms with Crippen molar-refractivity contribution in [3.05, 3.63) is 29.8 Å². The van der Waals surface area contributed by atoms with Gasteiger partial charge in [0, 0.05) is 19.2 Å². The van der Waals surface area contributed by atoms with E-state index >= 15 is 0 Å². The molecule has 0 heterocycles. The summed E-state index contributed by atoms with van der Waals surface area (Å²) in [7, 11) is -2.02. The largest absolute Gasteiger partial charge is 0.508 e. The smallest absolute Gasteiger partial charge is 0.279 e. The van der Waals surface area contributed by atoms with Crippen LogP contribution in [-0.4, -0.2) is 31.4 Å². The highest BCUT2D eigenvalue weighted by Gasteiger charge is 2.25. The zero-order chi connectivity index (χ0) is 13.8. The van der Waals surface area contributed by atoms with Gasteiger partial charge in [0.05, 0.1) is 6.04 Å². The summed E-state index contributed by atoms with van der Waals surface area (Å²) in [5, 5.41) is 9.73. The van der Waals surface area contributed by atoms with Gasteiger partial charge in [-0.2, -0.15) is 12.7 Å². The molecule has 18 heavy (non-hydrogen) atoms. The molecule has 5 nitrogen and oxygen atoms in total. The summed E-state index contributed by atoms with van der Waals surface area (Å²) in [6.45, 7) is 4.04. The number of para-hydroxylation sites is 1. The number of phenols is 1. The highest BCUT2D eigenvalue weighted by atomic mass is 32.2. The fourth-order valence-corrected chi connectivity index (χ4v) is 2.77. The highest BCUT2D eigenvalue weighted by Crippen LogP contribution is 2.28. The van der Waals surface area contributed by atoms with Crippen molar-refractivity contribution in [1.82, 2.24) is 9.03 Å². The molecule has 102 valence electrons. The molecule has 0 amide bonds. The van der Waals surface area contributed by atoms with Gasteiger partial charge < -0.3 is 5.11 Å². The van der Waals surface area contributed by atoms with Crippen LogP contribution in [0.1, 0.15) is 31.9 Å². The molecule has 1 unspecified atom stereocenters. The van der Waals surface area contributed by atoms with Gasteiger partial charge >= 0.3 is 0 Å². The Hall–Kier alpha value is -1.11. The molecule has 0 fully saturated rings. The topological polar surface area (TPSA) is 69.6 Å². The predicted octanol–water partition coefficient (Wildman–Crippen LogP) is 1.63. The van der Waals surface area contributed by atoms with Crippen LogP contribution in [0.5, 0.6) is 5.75 Å². The molecule has 0 saturated carbocycles. The number of nitrogens with zero attached hydrogens (tertiary/aromatic N) is 1. The first-order valence-corrected chi connectivity index (χ1v) is 7.34. The molecule has 1 aromatic carbocycles. The number of benzene rings is 1. The Balaban J connectivity index is 2.91. The van der Waals surface area contributed by atoms with Crippen LogP contribution in [0.2, 0.25) is 0 Å². The Labute approximate surface area is 109 Å². The predicted molar refractivity (Wildman–Crippen MR) is 71.5 cm³/mol. The van der Waals surface area contributed by atoms with Crippen molar-refractivity contribution >= 4 is 10.2 Å². The molecular formula is C12H20N2O3S. The van der Waals surface area contributed by atoms with Gasteiger partial charge in [0.2, 0.25) is 0 Å². The van der Waals surface area contributed by atoms with Crippen LogP contribution >= 0.6 is 0 Å². The molecule has 0 aliphatic heterocycles. The third-order valence-electron chi connectivity index (χ3n) is 2.85. The fraction of sp³-hybridized carbons (Fsp3) is 0.500. The van der Waals surface area contributed by atoms with E-state index in [1.54, 1.807) is 31.2 Å². The SMILES string of the molecule is CCCNS(=O)(=O)N(C)C(C)c1ccccc1O. The summed E-state index contributed by atoms with van der Waals surface area (Å²) in [5.41, 5.74) is 0.585. The Morgan fingerprint density at radius 2 is 2.00 bits per heavy atom. The van der Waals surface area contributed by atoms with Crippen LogP contribution < -0.4 is 4.72 Å². The Bertz CT molecular complexity index is 488. The summed E-state index contributed by atoms with van der Waals surface area (Å²) in [6, 6.07) is 6.30. The van der Waals surface area contributed by atoms with Gasteiger partial charge in [-0.05, 0) is 19.4 Å². The minimum atomic E-state index is -3.51. The molecular weight excluding hydrogens is 252 g/mol. The molecule has 0 bridgehead atoms. The molecule has 1 atom stereocenters. The molecule has 0 radical (unpaired) electrons. The van der Waals surface area contributed by atoms with Gasteiger partial charge in [0.1, 0.15) is 5.75 Å². The van der Waals surface area contributed by atoms with Gasteiger partial charge in [0.15, 0.2) is 0 Å². The van der Waals surface area contributed by atoms with Crippen LogP contribution in [0.15, 0.2) is 24.3 Å². The first-order chi connectivity index (χ1) is 8.40. The number of hydrogen-bond acceptors (Lipinski definition) is 3. The highest BCUT2D eigenvalue weighted by molar-refractivity contribution is 7.87. The molecule has 0 saturated heterocycles. The number of nitrogens with one attached hydrogen (secondary N) is 1. The van der Waals surface area contributed by atoms with Crippen molar-refractivity contribution in [2.45, 2.75) is 26.3 Å². The lowest BCUT2D eigenvalue weighted by Gasteiger charge is -2.25. The first-order valence-electron chi connectivity index (χ1n) is 5.90. The zero-order valence-electron chi connectivity index (χ0n) is 10.9. The van der Waals surface area contributed by atoms with Crippen molar-refractivity contribution in [3.8, 4) is 5.75 Å². The normalized spacial score (nSPS) is 13.8. The van der Waals surface area contributed by atoms with Crippen LogP contribution in [0.4, 0.5) is 0 Å². The summed E-state index contributed by atoms with van der Waals surface area (Å²) in [5.74, 6) is 0.0996. The van der Waals surface area contributed by atoms with Gasteiger partial charge in [-0.1, -0.05) is 25.1 Å². The first kappa shape index (κ1) is 14.9. The summed E-state index contributed by atoms with van der Waals surface area (Å²) in [6.07, 6.45) is 0.734. The second-order valence-corrected chi connectivity index (χ2v) is 5.97. The lowest BCUT2D eigenvalue weighted by atomic mass is 10.1. The molecule has 1 rings (SSSR count). The van der Waals surface area contributed by atoms with Gasteiger partial charge in [-0.25, -0.2) is 4.72 Å². The number of aromatic hydroxyl groups is 1. The number of hydrogen-bond donors (Lipinski definition) is 2. The molecule has 0 spiro atoms. The average molecular weight is 272 g/mol. The zero-order valence-corrected chi connectivity index (χ0v) is 11.7. The van der Waals surface area contributed by atoms with E-state index in [2.05, 4.69) is 4.72 Å². The van der Waals surface area contributed by atoms with E-state index in [-0.39, 0.29) is 5.75 Å². The molecule has 0 aromatic heterocycles. The standard InChI is InChI=1S/C12H20N2O3S/c1-4-9-13-18(16,17)14(3)10(2)11-7-5-6-8-12(11)15/h5-8,10,13,15H,4,9H2,1-3H3. The lowest BCUT2D eigenvalue weighted by Crippen LogP contribution is -2.39. The van der Waals surface area contributed by atoms with Gasteiger partial charge in [-0.15, -0.1) is 0 Å². The van der Waals surface area contributed by atoms with Crippen LogP contribution in [-0.2, 0) is 10.2 Å². The van der Waals surface area contributed by atoms with Crippen LogP contribution in [0.25, 0.3) is 0 Å². The quantitative estimate of drug-likeness (QED) is 0.827. The number of rotatable bonds is 6. The van der Waals surface area contributed by atoms with E-state index in [9.17, 15) is 13.5 Å². The van der Waals surface area contributed by atoms with E-state index in [1.165, 1.54) is 11.4 Å². The van der Waals surface area contributed by atoms with Gasteiger partial charge in [0.25, 0.3) is 10.2 Å². The lowest BCUT2D eigenvalue weighted by molar-refractivity contribution is 0.375. The molecule has 1 aromatic rings. The van der Waals surface area contributed by atoms with Crippen LogP contribution in [0, 0.1) is 0 Å². The minimum absolute atomic E-state index is 0.0996. The third kappa shape index (κ3) is 3.44. The van der Waals surface area contributed by atoms with Crippen molar-refractivity contribution in [2.75, 3.05) is 13.6 Å². The summed E-state index contributed by atoms with van der Waals surface area (Å²) in [4.78, 5) is 0. The average Bonchev–Trinajstić information content (AvgIpc) is 2.35. The Morgan fingerprint density at radius 3 is 2.56 bits per heavy atom. The Morgan fingerprint density at radius 1 is 1.39 bits per heavy atom. The maximum Gasteiger partial charge on any atom is 0.279 e. The molecule has 2 N–H and O–H groups in total. The minimum Gasteiger partial charge on any atom is -0.508 e. The number of phenolic OH excluding ortho intramolecular Hbond substituents is 1. The van der Waals surface area contributed by atoms with Gasteiger partial charge in [-0.3, -0.25) is 0 Å². The maximum absolute atomic E-state index is 11.9. The van der Waals surface area contributed by atoms with Crippen molar-refractivity contribution in [3.63, 3.8) is 0 Å². The molecule has 0 aliphatic carbocycles. The maximum atomic E-state index is 11.9.